The number of hydrogen-bond acceptors (Lipinski definition) is 1. The predicted octanol–water partition coefficient (Wildman–Crippen LogP) is 3.89. The minimum absolute atomic E-state index is 0.466. The van der Waals surface area contributed by atoms with Crippen molar-refractivity contribution in [1.82, 2.24) is 4.98 Å². The van der Waals surface area contributed by atoms with Crippen molar-refractivity contribution in [3.05, 3.63) is 65.5 Å². The molecule has 0 N–H and O–H groups in total. The molecular formula is C14H12F3N. The van der Waals surface area contributed by atoms with Gasteiger partial charge in [0.15, 0.2) is 0 Å². The first-order valence-electron chi connectivity index (χ1n) is 5.62. The lowest BCUT2D eigenvalue weighted by atomic mass is 10.1. The SMILES string of the molecule is FC(F)(F)c1ccnc(CCc2ccccc2)c1. The Morgan fingerprint density at radius 2 is 1.67 bits per heavy atom. The van der Waals surface area contributed by atoms with E-state index in [1.165, 1.54) is 6.20 Å². The lowest BCUT2D eigenvalue weighted by molar-refractivity contribution is -0.137. The van der Waals surface area contributed by atoms with Gasteiger partial charge >= 0.3 is 6.18 Å². The molecule has 94 valence electrons. The zero-order chi connectivity index (χ0) is 13.0. The zero-order valence-electron chi connectivity index (χ0n) is 9.61. The molecule has 1 nitrogen and oxygen atoms in total. The molecule has 0 aliphatic heterocycles. The second-order valence-electron chi connectivity index (χ2n) is 4.02. The number of hydrogen-bond donors (Lipinski definition) is 0. The summed E-state index contributed by atoms with van der Waals surface area (Å²) in [4.78, 5) is 3.97. The summed E-state index contributed by atoms with van der Waals surface area (Å²) in [6, 6.07) is 11.7. The Kier molecular flexibility index (Phi) is 3.65. The Labute approximate surface area is 103 Å². The van der Waals surface area contributed by atoms with Crippen LogP contribution in [0.2, 0.25) is 0 Å². The third kappa shape index (κ3) is 3.32. The second-order valence-corrected chi connectivity index (χ2v) is 4.02. The third-order valence-electron chi connectivity index (χ3n) is 2.66. The molecule has 2 aromatic rings. The molecular weight excluding hydrogens is 239 g/mol. The van der Waals surface area contributed by atoms with Crippen LogP contribution in [-0.2, 0) is 19.0 Å². The number of aromatic nitrogens is 1. The van der Waals surface area contributed by atoms with E-state index in [1.807, 2.05) is 30.3 Å². The van der Waals surface area contributed by atoms with Gasteiger partial charge in [-0.3, -0.25) is 4.98 Å². The fraction of sp³-hybridized carbons (Fsp3) is 0.214. The van der Waals surface area contributed by atoms with Crippen LogP contribution in [0.15, 0.2) is 48.7 Å². The summed E-state index contributed by atoms with van der Waals surface area (Å²) in [6.07, 6.45) is -1.89. The van der Waals surface area contributed by atoms with Gasteiger partial charge in [-0.25, -0.2) is 0 Å². The van der Waals surface area contributed by atoms with Crippen LogP contribution in [0.1, 0.15) is 16.8 Å². The summed E-state index contributed by atoms with van der Waals surface area (Å²) >= 11 is 0. The molecule has 2 rings (SSSR count). The van der Waals surface area contributed by atoms with Crippen LogP contribution in [0.4, 0.5) is 13.2 Å². The Balaban J connectivity index is 2.06. The fourth-order valence-electron chi connectivity index (χ4n) is 1.71. The van der Waals surface area contributed by atoms with Crippen molar-refractivity contribution in [2.24, 2.45) is 0 Å². The van der Waals surface area contributed by atoms with Crippen LogP contribution in [0, 0.1) is 0 Å². The van der Waals surface area contributed by atoms with E-state index < -0.39 is 11.7 Å². The van der Waals surface area contributed by atoms with Crippen LogP contribution in [0.3, 0.4) is 0 Å². The molecule has 0 radical (unpaired) electrons. The maximum Gasteiger partial charge on any atom is 0.416 e. The van der Waals surface area contributed by atoms with Gasteiger partial charge < -0.3 is 0 Å². The lowest BCUT2D eigenvalue weighted by Crippen LogP contribution is -2.06. The van der Waals surface area contributed by atoms with E-state index in [9.17, 15) is 13.2 Å². The summed E-state index contributed by atoms with van der Waals surface area (Å²) in [5.74, 6) is 0. The molecule has 0 aliphatic carbocycles. The van der Waals surface area contributed by atoms with Crippen molar-refractivity contribution in [2.75, 3.05) is 0 Å². The van der Waals surface area contributed by atoms with Gasteiger partial charge in [0.05, 0.1) is 5.56 Å². The zero-order valence-corrected chi connectivity index (χ0v) is 9.61. The molecule has 0 fully saturated rings. The Morgan fingerprint density at radius 3 is 2.33 bits per heavy atom. The molecule has 0 bridgehead atoms. The summed E-state index contributed by atoms with van der Waals surface area (Å²) in [5.41, 5.74) is 0.922. The topological polar surface area (TPSA) is 12.9 Å². The first-order chi connectivity index (χ1) is 8.55. The van der Waals surface area contributed by atoms with Crippen molar-refractivity contribution in [1.29, 1.82) is 0 Å². The van der Waals surface area contributed by atoms with Crippen molar-refractivity contribution in [3.8, 4) is 0 Å². The van der Waals surface area contributed by atoms with Crippen LogP contribution >= 0.6 is 0 Å². The third-order valence-corrected chi connectivity index (χ3v) is 2.66. The Morgan fingerprint density at radius 1 is 0.944 bits per heavy atom. The van der Waals surface area contributed by atoms with E-state index in [2.05, 4.69) is 4.98 Å². The van der Waals surface area contributed by atoms with Crippen LogP contribution in [0.5, 0.6) is 0 Å². The molecule has 4 heteroatoms. The normalized spacial score (nSPS) is 11.5. The molecule has 0 spiro atoms. The molecule has 0 unspecified atom stereocenters. The first-order valence-corrected chi connectivity index (χ1v) is 5.62. The highest BCUT2D eigenvalue weighted by atomic mass is 19.4. The van der Waals surface area contributed by atoms with Gasteiger partial charge in [0.25, 0.3) is 0 Å². The number of alkyl halides is 3. The smallest absolute Gasteiger partial charge is 0.261 e. The highest BCUT2D eigenvalue weighted by molar-refractivity contribution is 5.21. The predicted molar refractivity (Wildman–Crippen MR) is 63.1 cm³/mol. The number of benzene rings is 1. The van der Waals surface area contributed by atoms with E-state index in [0.29, 0.717) is 18.5 Å². The molecule has 0 atom stereocenters. The standard InChI is InChI=1S/C14H12F3N/c15-14(16,17)12-8-9-18-13(10-12)7-6-11-4-2-1-3-5-11/h1-5,8-10H,6-7H2. The maximum atomic E-state index is 12.5. The Hall–Kier alpha value is -1.84. The largest absolute Gasteiger partial charge is 0.416 e. The van der Waals surface area contributed by atoms with E-state index >= 15 is 0 Å². The van der Waals surface area contributed by atoms with Gasteiger partial charge in [0.2, 0.25) is 0 Å². The average molecular weight is 251 g/mol. The first kappa shape index (κ1) is 12.6. The summed E-state index contributed by atoms with van der Waals surface area (Å²) in [7, 11) is 0. The van der Waals surface area contributed by atoms with Crippen LogP contribution < -0.4 is 0 Å². The monoisotopic (exact) mass is 251 g/mol. The van der Waals surface area contributed by atoms with E-state index in [-0.39, 0.29) is 0 Å². The molecule has 0 saturated heterocycles. The molecule has 1 aromatic carbocycles. The highest BCUT2D eigenvalue weighted by Gasteiger charge is 2.30. The van der Waals surface area contributed by atoms with E-state index in [0.717, 1.165) is 17.7 Å². The lowest BCUT2D eigenvalue weighted by Gasteiger charge is -2.08. The maximum absolute atomic E-state index is 12.5. The fourth-order valence-corrected chi connectivity index (χ4v) is 1.71. The quantitative estimate of drug-likeness (QED) is 0.806. The van der Waals surface area contributed by atoms with Crippen LogP contribution in [0.25, 0.3) is 0 Å². The molecule has 0 saturated carbocycles. The van der Waals surface area contributed by atoms with Crippen molar-refractivity contribution in [2.45, 2.75) is 19.0 Å². The second kappa shape index (κ2) is 5.21. The number of halogens is 3. The highest BCUT2D eigenvalue weighted by Crippen LogP contribution is 2.29. The Bertz CT molecular complexity index is 506. The number of pyridine rings is 1. The molecule has 0 aliphatic rings. The molecule has 0 amide bonds. The number of nitrogens with zero attached hydrogens (tertiary/aromatic N) is 1. The summed E-state index contributed by atoms with van der Waals surface area (Å²) in [6.45, 7) is 0. The van der Waals surface area contributed by atoms with Crippen LogP contribution in [-0.4, -0.2) is 4.98 Å². The average Bonchev–Trinajstić information content (AvgIpc) is 2.37. The van der Waals surface area contributed by atoms with Crippen molar-refractivity contribution >= 4 is 0 Å². The molecule has 18 heavy (non-hydrogen) atoms. The summed E-state index contributed by atoms with van der Waals surface area (Å²) in [5, 5.41) is 0. The van der Waals surface area contributed by atoms with Gasteiger partial charge in [-0.2, -0.15) is 13.2 Å². The van der Waals surface area contributed by atoms with Gasteiger partial charge in [0.1, 0.15) is 0 Å². The number of aryl methyl sites for hydroxylation is 2. The van der Waals surface area contributed by atoms with E-state index in [1.54, 1.807) is 0 Å². The van der Waals surface area contributed by atoms with E-state index in [4.69, 9.17) is 0 Å². The van der Waals surface area contributed by atoms with Gasteiger partial charge in [0, 0.05) is 11.9 Å². The number of rotatable bonds is 3. The van der Waals surface area contributed by atoms with Crippen molar-refractivity contribution in [3.63, 3.8) is 0 Å². The molecule has 1 aromatic heterocycles. The van der Waals surface area contributed by atoms with Gasteiger partial charge in [-0.15, -0.1) is 0 Å². The van der Waals surface area contributed by atoms with Gasteiger partial charge in [-0.1, -0.05) is 30.3 Å². The summed E-state index contributed by atoms with van der Waals surface area (Å²) < 4.78 is 37.5. The minimum Gasteiger partial charge on any atom is -0.261 e. The van der Waals surface area contributed by atoms with Crippen molar-refractivity contribution < 1.29 is 13.2 Å². The minimum atomic E-state index is -4.30. The molecule has 1 heterocycles. The van der Waals surface area contributed by atoms with Gasteiger partial charge in [-0.05, 0) is 30.5 Å².